The van der Waals surface area contributed by atoms with Crippen LogP contribution in [0, 0.1) is 5.92 Å². The van der Waals surface area contributed by atoms with Crippen molar-refractivity contribution in [2.24, 2.45) is 11.7 Å². The minimum Gasteiger partial charge on any atom is -0.391 e. The molecule has 2 fully saturated rings. The van der Waals surface area contributed by atoms with E-state index in [9.17, 15) is 4.79 Å². The Kier molecular flexibility index (Phi) is 5.58. The van der Waals surface area contributed by atoms with Crippen LogP contribution in [0.15, 0.2) is 0 Å². The highest BCUT2D eigenvalue weighted by atomic mass is 32.1. The zero-order valence-corrected chi connectivity index (χ0v) is 12.3. The Hall–Kier alpha value is -0.680. The fourth-order valence-corrected chi connectivity index (χ4v) is 3.13. The van der Waals surface area contributed by atoms with Crippen molar-refractivity contribution < 1.29 is 9.53 Å². The molecule has 1 unspecified atom stereocenters. The molecule has 5 heteroatoms. The van der Waals surface area contributed by atoms with Gasteiger partial charge in [-0.2, -0.15) is 0 Å². The molecule has 0 spiro atoms. The lowest BCUT2D eigenvalue weighted by molar-refractivity contribution is -0.141. The Morgan fingerprint density at radius 3 is 2.42 bits per heavy atom. The van der Waals surface area contributed by atoms with E-state index in [-0.39, 0.29) is 17.9 Å². The van der Waals surface area contributed by atoms with Gasteiger partial charge < -0.3 is 15.4 Å². The maximum absolute atomic E-state index is 12.6. The van der Waals surface area contributed by atoms with E-state index in [2.05, 4.69) is 0 Å². The van der Waals surface area contributed by atoms with Gasteiger partial charge in [0.2, 0.25) is 5.91 Å². The third kappa shape index (κ3) is 4.14. The quantitative estimate of drug-likeness (QED) is 0.786. The van der Waals surface area contributed by atoms with Crippen LogP contribution >= 0.6 is 12.2 Å². The Morgan fingerprint density at radius 1 is 1.16 bits per heavy atom. The smallest absolute Gasteiger partial charge is 0.225 e. The van der Waals surface area contributed by atoms with Crippen molar-refractivity contribution in [3.05, 3.63) is 0 Å². The SMILES string of the molecule is NC(=S)C1CN(C(=O)C2CCCCCCC2)CCO1. The number of hydrogen-bond donors (Lipinski definition) is 1. The first-order chi connectivity index (χ1) is 9.18. The van der Waals surface area contributed by atoms with Crippen LogP contribution in [-0.4, -0.2) is 41.6 Å². The van der Waals surface area contributed by atoms with Gasteiger partial charge in [-0.05, 0) is 12.8 Å². The zero-order chi connectivity index (χ0) is 13.7. The summed E-state index contributed by atoms with van der Waals surface area (Å²) in [7, 11) is 0. The first-order valence-electron chi connectivity index (χ1n) is 7.38. The van der Waals surface area contributed by atoms with Gasteiger partial charge in [-0.25, -0.2) is 0 Å². The summed E-state index contributed by atoms with van der Waals surface area (Å²) in [6.07, 6.45) is 8.02. The Balaban J connectivity index is 1.91. The second kappa shape index (κ2) is 7.20. The first kappa shape index (κ1) is 14.7. The third-order valence-corrected chi connectivity index (χ3v) is 4.41. The Morgan fingerprint density at radius 2 is 1.79 bits per heavy atom. The first-order valence-corrected chi connectivity index (χ1v) is 7.79. The summed E-state index contributed by atoms with van der Waals surface area (Å²) in [6.45, 7) is 1.75. The average molecular weight is 284 g/mol. The standard InChI is InChI=1S/C14H24N2O2S/c15-13(19)12-10-16(8-9-18-12)14(17)11-6-4-2-1-3-5-7-11/h11-12H,1-10H2,(H2,15,19). The van der Waals surface area contributed by atoms with Crippen molar-refractivity contribution in [2.75, 3.05) is 19.7 Å². The molecule has 0 bridgehead atoms. The lowest BCUT2D eigenvalue weighted by Gasteiger charge is -2.35. The van der Waals surface area contributed by atoms with Crippen molar-refractivity contribution in [1.29, 1.82) is 0 Å². The van der Waals surface area contributed by atoms with Gasteiger partial charge in [-0.1, -0.05) is 44.3 Å². The molecule has 1 aliphatic carbocycles. The second-order valence-electron chi connectivity index (χ2n) is 5.59. The Labute approximate surface area is 120 Å². The van der Waals surface area contributed by atoms with Crippen LogP contribution in [0.4, 0.5) is 0 Å². The Bertz CT molecular complexity index is 327. The summed E-state index contributed by atoms with van der Waals surface area (Å²) in [5.74, 6) is 0.483. The van der Waals surface area contributed by atoms with E-state index in [1.807, 2.05) is 4.90 Å². The molecule has 2 aliphatic rings. The molecule has 4 nitrogen and oxygen atoms in total. The summed E-state index contributed by atoms with van der Waals surface area (Å²) in [5, 5.41) is 0. The number of amides is 1. The molecule has 19 heavy (non-hydrogen) atoms. The molecule has 0 aromatic carbocycles. The highest BCUT2D eigenvalue weighted by Crippen LogP contribution is 2.24. The maximum atomic E-state index is 12.6. The molecule has 1 saturated carbocycles. The molecule has 0 aromatic heterocycles. The van der Waals surface area contributed by atoms with Gasteiger partial charge in [0, 0.05) is 12.5 Å². The van der Waals surface area contributed by atoms with Crippen molar-refractivity contribution in [1.82, 2.24) is 4.90 Å². The van der Waals surface area contributed by atoms with E-state index in [0.717, 1.165) is 12.8 Å². The van der Waals surface area contributed by atoms with Crippen molar-refractivity contribution in [3.8, 4) is 0 Å². The minimum atomic E-state index is -0.263. The third-order valence-electron chi connectivity index (χ3n) is 4.15. The lowest BCUT2D eigenvalue weighted by atomic mass is 9.90. The molecular formula is C14H24N2O2S. The van der Waals surface area contributed by atoms with Gasteiger partial charge in [0.25, 0.3) is 0 Å². The predicted octanol–water partition coefficient (Wildman–Crippen LogP) is 1.86. The molecule has 1 saturated heterocycles. The summed E-state index contributed by atoms with van der Waals surface area (Å²) in [5.41, 5.74) is 5.62. The summed E-state index contributed by atoms with van der Waals surface area (Å²) in [6, 6.07) is 0. The number of morpholine rings is 1. The van der Waals surface area contributed by atoms with E-state index < -0.39 is 0 Å². The number of nitrogens with zero attached hydrogens (tertiary/aromatic N) is 1. The number of carbonyl (C=O) groups excluding carboxylic acids is 1. The largest absolute Gasteiger partial charge is 0.391 e. The van der Waals surface area contributed by atoms with Gasteiger partial charge in [0.1, 0.15) is 11.1 Å². The summed E-state index contributed by atoms with van der Waals surface area (Å²) < 4.78 is 5.49. The second-order valence-corrected chi connectivity index (χ2v) is 6.06. The number of ether oxygens (including phenoxy) is 1. The molecule has 1 heterocycles. The number of nitrogens with two attached hydrogens (primary N) is 1. The molecule has 108 valence electrons. The van der Waals surface area contributed by atoms with Crippen molar-refractivity contribution >= 4 is 23.1 Å². The molecule has 0 aromatic rings. The topological polar surface area (TPSA) is 55.6 Å². The lowest BCUT2D eigenvalue weighted by Crippen LogP contribution is -2.51. The van der Waals surface area contributed by atoms with E-state index in [1.165, 1.54) is 32.1 Å². The monoisotopic (exact) mass is 284 g/mol. The highest BCUT2D eigenvalue weighted by Gasteiger charge is 2.30. The fourth-order valence-electron chi connectivity index (χ4n) is 2.98. The average Bonchev–Trinajstić information content (AvgIpc) is 2.38. The molecule has 0 radical (unpaired) electrons. The van der Waals surface area contributed by atoms with Gasteiger partial charge in [-0.15, -0.1) is 0 Å². The van der Waals surface area contributed by atoms with Gasteiger partial charge >= 0.3 is 0 Å². The van der Waals surface area contributed by atoms with E-state index >= 15 is 0 Å². The van der Waals surface area contributed by atoms with Crippen LogP contribution in [0.5, 0.6) is 0 Å². The van der Waals surface area contributed by atoms with Crippen molar-refractivity contribution in [2.45, 2.75) is 51.0 Å². The highest BCUT2D eigenvalue weighted by molar-refractivity contribution is 7.80. The summed E-state index contributed by atoms with van der Waals surface area (Å²) >= 11 is 4.97. The number of hydrogen-bond acceptors (Lipinski definition) is 3. The van der Waals surface area contributed by atoms with Crippen LogP contribution in [0.1, 0.15) is 44.9 Å². The number of thiocarbonyl (C=S) groups is 1. The predicted molar refractivity (Wildman–Crippen MR) is 78.9 cm³/mol. The zero-order valence-electron chi connectivity index (χ0n) is 11.5. The number of rotatable bonds is 2. The van der Waals surface area contributed by atoms with E-state index in [0.29, 0.717) is 24.7 Å². The van der Waals surface area contributed by atoms with Gasteiger partial charge in [-0.3, -0.25) is 4.79 Å². The van der Waals surface area contributed by atoms with Crippen LogP contribution in [-0.2, 0) is 9.53 Å². The van der Waals surface area contributed by atoms with Gasteiger partial charge in [0.05, 0.1) is 13.2 Å². The molecule has 1 amide bonds. The van der Waals surface area contributed by atoms with Gasteiger partial charge in [0.15, 0.2) is 0 Å². The maximum Gasteiger partial charge on any atom is 0.225 e. The molecular weight excluding hydrogens is 260 g/mol. The van der Waals surface area contributed by atoms with Crippen LogP contribution in [0.25, 0.3) is 0 Å². The normalized spacial score (nSPS) is 26.5. The molecule has 2 N–H and O–H groups in total. The van der Waals surface area contributed by atoms with Crippen LogP contribution in [0.2, 0.25) is 0 Å². The fraction of sp³-hybridized carbons (Fsp3) is 0.857. The van der Waals surface area contributed by atoms with Crippen LogP contribution < -0.4 is 5.73 Å². The molecule has 1 atom stereocenters. The van der Waals surface area contributed by atoms with Crippen LogP contribution in [0.3, 0.4) is 0 Å². The van der Waals surface area contributed by atoms with E-state index in [1.54, 1.807) is 0 Å². The summed E-state index contributed by atoms with van der Waals surface area (Å²) in [4.78, 5) is 14.8. The van der Waals surface area contributed by atoms with E-state index in [4.69, 9.17) is 22.7 Å². The minimum absolute atomic E-state index is 0.199. The molecule has 1 aliphatic heterocycles. The van der Waals surface area contributed by atoms with Crippen molar-refractivity contribution in [3.63, 3.8) is 0 Å². The molecule has 2 rings (SSSR count). The number of carbonyl (C=O) groups is 1.